The van der Waals surface area contributed by atoms with Crippen molar-refractivity contribution in [2.45, 2.75) is 99.6 Å². The summed E-state index contributed by atoms with van der Waals surface area (Å²) in [5, 5.41) is 0. The number of benzene rings is 2. The zero-order valence-corrected chi connectivity index (χ0v) is 27.4. The fraction of sp³-hybridized carbons (Fsp3) is 0.415. The molecule has 0 unspecified atom stereocenters. The molecule has 0 amide bonds. The molecule has 0 N–H and O–H groups in total. The Morgan fingerprint density at radius 3 is 2.21 bits per heavy atom. The molecule has 2 aliphatic rings. The minimum absolute atomic E-state index is 0.449. The van der Waals surface area contributed by atoms with E-state index in [2.05, 4.69) is 127 Å². The Hall–Kier alpha value is -3.32. The average molecular weight is 560 g/mol. The van der Waals surface area contributed by atoms with Crippen molar-refractivity contribution < 1.29 is 0 Å². The van der Waals surface area contributed by atoms with Crippen LogP contribution in [0.15, 0.2) is 108 Å². The van der Waals surface area contributed by atoms with Gasteiger partial charge in [-0.05, 0) is 133 Å². The molecule has 0 saturated heterocycles. The van der Waals surface area contributed by atoms with E-state index in [-0.39, 0.29) is 0 Å². The van der Waals surface area contributed by atoms with Crippen LogP contribution in [0.4, 0.5) is 0 Å². The molecule has 1 nitrogen and oxygen atoms in total. The molecular weight excluding hydrogens is 506 g/mol. The summed E-state index contributed by atoms with van der Waals surface area (Å²) in [5.41, 5.74) is 14.5. The minimum Gasteiger partial charge on any atom is -0.364 e. The number of aryl methyl sites for hydroxylation is 1. The molecule has 1 fully saturated rings. The molecule has 1 heteroatoms. The Kier molecular flexibility index (Phi) is 10.7. The van der Waals surface area contributed by atoms with E-state index in [4.69, 9.17) is 6.58 Å². The molecule has 0 radical (unpaired) electrons. The van der Waals surface area contributed by atoms with E-state index in [0.29, 0.717) is 12.0 Å². The second kappa shape index (κ2) is 14.2. The van der Waals surface area contributed by atoms with Gasteiger partial charge in [0.05, 0.1) is 0 Å². The van der Waals surface area contributed by atoms with Crippen LogP contribution in [0.2, 0.25) is 0 Å². The minimum atomic E-state index is 0.449. The molecule has 4 rings (SSSR count). The van der Waals surface area contributed by atoms with Gasteiger partial charge < -0.3 is 4.90 Å². The summed E-state index contributed by atoms with van der Waals surface area (Å²) in [6, 6.07) is 16.6. The van der Waals surface area contributed by atoms with Crippen molar-refractivity contribution in [3.8, 4) is 11.1 Å². The predicted octanol–water partition coefficient (Wildman–Crippen LogP) is 11.6. The summed E-state index contributed by atoms with van der Waals surface area (Å²) in [4.78, 5) is 2.66. The largest absolute Gasteiger partial charge is 0.364 e. The van der Waals surface area contributed by atoms with Crippen molar-refractivity contribution in [3.05, 3.63) is 125 Å². The van der Waals surface area contributed by atoms with Gasteiger partial charge in [0.1, 0.15) is 0 Å². The number of rotatable bonds is 10. The number of nitrogens with zero attached hydrogens (tertiary/aromatic N) is 1. The number of hydrogen-bond acceptors (Lipinski definition) is 1. The van der Waals surface area contributed by atoms with Gasteiger partial charge in [-0.25, -0.2) is 0 Å². The zero-order valence-electron chi connectivity index (χ0n) is 27.4. The summed E-state index contributed by atoms with van der Waals surface area (Å²) >= 11 is 0. The Balaban J connectivity index is 1.70. The lowest BCUT2D eigenvalue weighted by atomic mass is 9.85. The summed E-state index contributed by atoms with van der Waals surface area (Å²) in [6.07, 6.45) is 15.9. The Morgan fingerprint density at radius 2 is 1.57 bits per heavy atom. The van der Waals surface area contributed by atoms with Crippen LogP contribution >= 0.6 is 0 Å². The molecule has 0 aliphatic heterocycles. The van der Waals surface area contributed by atoms with E-state index >= 15 is 0 Å². The number of allylic oxidation sites excluding steroid dienone is 9. The Bertz CT molecular complexity index is 1400. The molecule has 0 aromatic heterocycles. The maximum atomic E-state index is 4.79. The zero-order chi connectivity index (χ0) is 30.4. The third kappa shape index (κ3) is 7.35. The lowest BCUT2D eigenvalue weighted by Crippen LogP contribution is -2.37. The van der Waals surface area contributed by atoms with E-state index in [1.54, 1.807) is 0 Å². The van der Waals surface area contributed by atoms with E-state index in [0.717, 1.165) is 25.3 Å². The molecule has 0 heterocycles. The van der Waals surface area contributed by atoms with Crippen molar-refractivity contribution >= 4 is 5.57 Å². The Labute approximate surface area is 257 Å². The van der Waals surface area contributed by atoms with Gasteiger partial charge in [0.15, 0.2) is 0 Å². The van der Waals surface area contributed by atoms with Gasteiger partial charge >= 0.3 is 0 Å². The molecule has 2 aliphatic carbocycles. The molecule has 2 aromatic rings. The van der Waals surface area contributed by atoms with Crippen molar-refractivity contribution in [2.24, 2.45) is 11.8 Å². The second-order valence-electron chi connectivity index (χ2n) is 13.0. The molecule has 0 spiro atoms. The highest BCUT2D eigenvalue weighted by molar-refractivity contribution is 5.70. The van der Waals surface area contributed by atoms with Gasteiger partial charge in [-0.2, -0.15) is 0 Å². The first-order valence-electron chi connectivity index (χ1n) is 16.2. The van der Waals surface area contributed by atoms with Crippen molar-refractivity contribution in [1.29, 1.82) is 0 Å². The standard InChI is InChI=1S/C41H53N/c1-10-35-18-23-38(37-21-19-36(20-22-37)31(6)28(2)3)26-39(35)27-42(40-24-16-29(4)17-25-40)34(9)32(7)33(8)41-15-13-11-12-14-30(41)5/h11-14,18-23,26,28-29,40H,6,9-10,15-17,24-25,27H2,1-5,7-8H3/b33-32+. The van der Waals surface area contributed by atoms with E-state index in [1.807, 2.05) is 0 Å². The van der Waals surface area contributed by atoms with Crippen LogP contribution in [-0.4, -0.2) is 10.9 Å². The lowest BCUT2D eigenvalue weighted by Gasteiger charge is -2.40. The maximum Gasteiger partial charge on any atom is 0.0435 e. The molecular formula is C41H53N. The SMILES string of the molecule is C=C(c1ccc(-c2ccc(CC)c(CN(C(=C)/C(C)=C(\C)C3=C(C)C=CC=CC3)C3CCC(C)CC3)c2)cc1)C(C)C. The molecule has 42 heavy (non-hydrogen) atoms. The van der Waals surface area contributed by atoms with E-state index < -0.39 is 0 Å². The smallest absolute Gasteiger partial charge is 0.0435 e. The topological polar surface area (TPSA) is 3.24 Å². The van der Waals surface area contributed by atoms with Crippen LogP contribution in [0.25, 0.3) is 16.7 Å². The first kappa shape index (κ1) is 31.6. The van der Waals surface area contributed by atoms with Gasteiger partial charge in [0, 0.05) is 18.3 Å². The molecule has 0 bridgehead atoms. The third-order valence-corrected chi connectivity index (χ3v) is 9.83. The average Bonchev–Trinajstić information content (AvgIpc) is 3.22. The third-order valence-electron chi connectivity index (χ3n) is 9.83. The first-order chi connectivity index (χ1) is 20.1. The molecule has 222 valence electrons. The van der Waals surface area contributed by atoms with Gasteiger partial charge in [0.2, 0.25) is 0 Å². The molecule has 2 aromatic carbocycles. The second-order valence-corrected chi connectivity index (χ2v) is 13.0. The summed E-state index contributed by atoms with van der Waals surface area (Å²) < 4.78 is 0. The van der Waals surface area contributed by atoms with Crippen molar-refractivity contribution in [1.82, 2.24) is 4.90 Å². The molecule has 1 saturated carbocycles. The summed E-state index contributed by atoms with van der Waals surface area (Å²) in [7, 11) is 0. The Morgan fingerprint density at radius 1 is 0.905 bits per heavy atom. The summed E-state index contributed by atoms with van der Waals surface area (Å²) in [5.74, 6) is 1.27. The fourth-order valence-electron chi connectivity index (χ4n) is 6.52. The van der Waals surface area contributed by atoms with Gasteiger partial charge in [0.25, 0.3) is 0 Å². The van der Waals surface area contributed by atoms with E-state index in [9.17, 15) is 0 Å². The monoisotopic (exact) mass is 559 g/mol. The highest BCUT2D eigenvalue weighted by Gasteiger charge is 2.27. The first-order valence-corrected chi connectivity index (χ1v) is 16.2. The van der Waals surface area contributed by atoms with Gasteiger partial charge in [-0.15, -0.1) is 0 Å². The van der Waals surface area contributed by atoms with Gasteiger partial charge in [-0.3, -0.25) is 0 Å². The van der Waals surface area contributed by atoms with Crippen LogP contribution in [0, 0.1) is 11.8 Å². The highest BCUT2D eigenvalue weighted by Crippen LogP contribution is 2.36. The van der Waals surface area contributed by atoms with Crippen LogP contribution in [0.3, 0.4) is 0 Å². The van der Waals surface area contributed by atoms with Crippen LogP contribution in [-0.2, 0) is 13.0 Å². The highest BCUT2D eigenvalue weighted by atomic mass is 15.2. The summed E-state index contributed by atoms with van der Waals surface area (Å²) in [6.45, 7) is 25.9. The van der Waals surface area contributed by atoms with E-state index in [1.165, 1.54) is 87.1 Å². The lowest BCUT2D eigenvalue weighted by molar-refractivity contribution is 0.174. The van der Waals surface area contributed by atoms with Crippen molar-refractivity contribution in [3.63, 3.8) is 0 Å². The maximum absolute atomic E-state index is 4.79. The van der Waals surface area contributed by atoms with Crippen molar-refractivity contribution in [2.75, 3.05) is 0 Å². The number of hydrogen-bond donors (Lipinski definition) is 0. The van der Waals surface area contributed by atoms with Crippen LogP contribution in [0.5, 0.6) is 0 Å². The van der Waals surface area contributed by atoms with Crippen LogP contribution in [0.1, 0.15) is 97.3 Å². The normalized spacial score (nSPS) is 19.5. The molecule has 0 atom stereocenters. The quantitative estimate of drug-likeness (QED) is 0.262. The predicted molar refractivity (Wildman–Crippen MR) is 185 cm³/mol. The van der Waals surface area contributed by atoms with Crippen LogP contribution < -0.4 is 0 Å². The fourth-order valence-corrected chi connectivity index (χ4v) is 6.52. The van der Waals surface area contributed by atoms with Gasteiger partial charge in [-0.1, -0.05) is 102 Å².